The maximum atomic E-state index is 11.8. The number of amides is 1. The molecule has 1 aliphatic rings. The third-order valence-corrected chi connectivity index (χ3v) is 3.66. The van der Waals surface area contributed by atoms with Gasteiger partial charge in [0, 0.05) is 23.0 Å². The standard InChI is InChI=1S/C16H15N3O/c17-10-11-7-8-14(13-5-2-1-4-12(11)13)19-15-6-3-9-18-16(15)20/h1-2,4-5,7-8,15,19H,3,6,9H2,(H,18,20). The quantitative estimate of drug-likeness (QED) is 0.876. The largest absolute Gasteiger partial charge is 0.373 e. The first kappa shape index (κ1) is 12.5. The first-order chi connectivity index (χ1) is 9.79. The van der Waals surface area contributed by atoms with Gasteiger partial charge in [-0.2, -0.15) is 5.26 Å². The van der Waals surface area contributed by atoms with Crippen LogP contribution in [0.2, 0.25) is 0 Å². The molecule has 0 spiro atoms. The van der Waals surface area contributed by atoms with E-state index in [0.717, 1.165) is 35.8 Å². The molecular formula is C16H15N3O. The Morgan fingerprint density at radius 3 is 2.75 bits per heavy atom. The zero-order valence-corrected chi connectivity index (χ0v) is 11.0. The van der Waals surface area contributed by atoms with Crippen LogP contribution in [0.15, 0.2) is 36.4 Å². The zero-order chi connectivity index (χ0) is 13.9. The van der Waals surface area contributed by atoms with Gasteiger partial charge in [0.25, 0.3) is 0 Å². The van der Waals surface area contributed by atoms with E-state index in [-0.39, 0.29) is 11.9 Å². The van der Waals surface area contributed by atoms with Gasteiger partial charge >= 0.3 is 0 Å². The van der Waals surface area contributed by atoms with Gasteiger partial charge in [0.15, 0.2) is 0 Å². The van der Waals surface area contributed by atoms with Crippen LogP contribution in [-0.2, 0) is 4.79 Å². The Labute approximate surface area is 117 Å². The van der Waals surface area contributed by atoms with Crippen LogP contribution >= 0.6 is 0 Å². The van der Waals surface area contributed by atoms with Gasteiger partial charge in [-0.25, -0.2) is 0 Å². The first-order valence-corrected chi connectivity index (χ1v) is 6.75. The Bertz CT molecular complexity index is 702. The zero-order valence-electron chi connectivity index (χ0n) is 11.0. The minimum Gasteiger partial charge on any atom is -0.373 e. The number of hydrogen-bond acceptors (Lipinski definition) is 3. The summed E-state index contributed by atoms with van der Waals surface area (Å²) < 4.78 is 0. The molecule has 1 aliphatic heterocycles. The minimum absolute atomic E-state index is 0.0460. The smallest absolute Gasteiger partial charge is 0.242 e. The Kier molecular flexibility index (Phi) is 3.26. The summed E-state index contributed by atoms with van der Waals surface area (Å²) in [5.41, 5.74) is 1.56. The van der Waals surface area contributed by atoms with Crippen molar-refractivity contribution in [2.75, 3.05) is 11.9 Å². The number of nitriles is 1. The fourth-order valence-corrected chi connectivity index (χ4v) is 2.62. The molecule has 1 fully saturated rings. The van der Waals surface area contributed by atoms with E-state index in [2.05, 4.69) is 16.7 Å². The average Bonchev–Trinajstić information content (AvgIpc) is 2.50. The van der Waals surface area contributed by atoms with Crippen LogP contribution < -0.4 is 10.6 Å². The van der Waals surface area contributed by atoms with Gasteiger partial charge in [-0.3, -0.25) is 4.79 Å². The highest BCUT2D eigenvalue weighted by Gasteiger charge is 2.22. The number of benzene rings is 2. The molecule has 3 rings (SSSR count). The molecule has 1 atom stereocenters. The molecule has 1 amide bonds. The van der Waals surface area contributed by atoms with Crippen molar-refractivity contribution in [1.82, 2.24) is 5.32 Å². The highest BCUT2D eigenvalue weighted by atomic mass is 16.2. The lowest BCUT2D eigenvalue weighted by molar-refractivity contribution is -0.123. The summed E-state index contributed by atoms with van der Waals surface area (Å²) in [4.78, 5) is 11.8. The molecule has 1 heterocycles. The highest BCUT2D eigenvalue weighted by Crippen LogP contribution is 2.27. The van der Waals surface area contributed by atoms with Gasteiger partial charge in [0.05, 0.1) is 11.6 Å². The molecule has 0 bridgehead atoms. The molecule has 0 radical (unpaired) electrons. The molecule has 0 saturated carbocycles. The van der Waals surface area contributed by atoms with Crippen molar-refractivity contribution in [1.29, 1.82) is 5.26 Å². The normalized spacial score (nSPS) is 18.4. The second kappa shape index (κ2) is 5.22. The highest BCUT2D eigenvalue weighted by molar-refractivity contribution is 5.99. The molecule has 0 aliphatic carbocycles. The summed E-state index contributed by atoms with van der Waals surface area (Å²) in [5.74, 6) is 0.0460. The van der Waals surface area contributed by atoms with E-state index < -0.39 is 0 Å². The topological polar surface area (TPSA) is 64.9 Å². The number of nitrogens with one attached hydrogen (secondary N) is 2. The predicted molar refractivity (Wildman–Crippen MR) is 78.3 cm³/mol. The van der Waals surface area contributed by atoms with Gasteiger partial charge in [0.1, 0.15) is 6.04 Å². The van der Waals surface area contributed by atoms with Gasteiger partial charge in [0.2, 0.25) is 5.91 Å². The van der Waals surface area contributed by atoms with Crippen molar-refractivity contribution >= 4 is 22.4 Å². The molecule has 4 nitrogen and oxygen atoms in total. The molecule has 4 heteroatoms. The maximum Gasteiger partial charge on any atom is 0.242 e. The van der Waals surface area contributed by atoms with Crippen LogP contribution in [0.3, 0.4) is 0 Å². The number of fused-ring (bicyclic) bond motifs is 1. The maximum absolute atomic E-state index is 11.8. The third kappa shape index (κ3) is 2.19. The molecule has 0 aromatic heterocycles. The SMILES string of the molecule is N#Cc1ccc(NC2CCCNC2=O)c2ccccc12. The Morgan fingerprint density at radius 2 is 2.00 bits per heavy atom. The molecule has 20 heavy (non-hydrogen) atoms. The van der Waals surface area contributed by atoms with E-state index in [4.69, 9.17) is 5.26 Å². The van der Waals surface area contributed by atoms with Crippen molar-refractivity contribution in [2.45, 2.75) is 18.9 Å². The van der Waals surface area contributed by atoms with Crippen molar-refractivity contribution in [2.24, 2.45) is 0 Å². The van der Waals surface area contributed by atoms with Crippen molar-refractivity contribution < 1.29 is 4.79 Å². The van der Waals surface area contributed by atoms with Crippen LogP contribution in [0.1, 0.15) is 18.4 Å². The summed E-state index contributed by atoms with van der Waals surface area (Å²) in [6.45, 7) is 0.755. The van der Waals surface area contributed by atoms with Crippen LogP contribution in [0.4, 0.5) is 5.69 Å². The van der Waals surface area contributed by atoms with Crippen molar-refractivity contribution in [3.63, 3.8) is 0 Å². The van der Waals surface area contributed by atoms with Crippen molar-refractivity contribution in [3.05, 3.63) is 42.0 Å². The monoisotopic (exact) mass is 265 g/mol. The van der Waals surface area contributed by atoms with Gasteiger partial charge in [-0.05, 0) is 25.0 Å². The van der Waals surface area contributed by atoms with Crippen LogP contribution in [0.25, 0.3) is 10.8 Å². The number of nitrogens with zero attached hydrogens (tertiary/aromatic N) is 1. The van der Waals surface area contributed by atoms with E-state index in [1.54, 1.807) is 6.07 Å². The lowest BCUT2D eigenvalue weighted by atomic mass is 10.0. The molecule has 1 saturated heterocycles. The van der Waals surface area contributed by atoms with Gasteiger partial charge < -0.3 is 10.6 Å². The number of carbonyl (C=O) groups excluding carboxylic acids is 1. The number of rotatable bonds is 2. The number of anilines is 1. The van der Waals surface area contributed by atoms with Crippen LogP contribution in [0.5, 0.6) is 0 Å². The summed E-state index contributed by atoms with van der Waals surface area (Å²) in [5, 5.41) is 17.2. The summed E-state index contributed by atoms with van der Waals surface area (Å²) >= 11 is 0. The fraction of sp³-hybridized carbons (Fsp3) is 0.250. The number of piperidine rings is 1. The molecular weight excluding hydrogens is 250 g/mol. The molecule has 100 valence electrons. The van der Waals surface area contributed by atoms with Gasteiger partial charge in [-0.1, -0.05) is 24.3 Å². The van der Waals surface area contributed by atoms with E-state index in [0.29, 0.717) is 5.56 Å². The van der Waals surface area contributed by atoms with E-state index >= 15 is 0 Å². The molecule has 1 unspecified atom stereocenters. The lowest BCUT2D eigenvalue weighted by Gasteiger charge is -2.24. The molecule has 2 aromatic carbocycles. The number of hydrogen-bond donors (Lipinski definition) is 2. The predicted octanol–water partition coefficient (Wildman–Crippen LogP) is 2.40. The average molecular weight is 265 g/mol. The van der Waals surface area contributed by atoms with Gasteiger partial charge in [-0.15, -0.1) is 0 Å². The van der Waals surface area contributed by atoms with E-state index in [9.17, 15) is 4.79 Å². The van der Waals surface area contributed by atoms with E-state index in [1.165, 1.54) is 0 Å². The molecule has 2 aromatic rings. The Balaban J connectivity index is 2.00. The number of carbonyl (C=O) groups is 1. The summed E-state index contributed by atoms with van der Waals surface area (Å²) in [6.07, 6.45) is 1.82. The molecule has 2 N–H and O–H groups in total. The second-order valence-corrected chi connectivity index (χ2v) is 4.95. The second-order valence-electron chi connectivity index (χ2n) is 4.95. The summed E-state index contributed by atoms with van der Waals surface area (Å²) in [6, 6.07) is 13.4. The van der Waals surface area contributed by atoms with Crippen LogP contribution in [0, 0.1) is 11.3 Å². The van der Waals surface area contributed by atoms with Crippen LogP contribution in [-0.4, -0.2) is 18.5 Å². The fourth-order valence-electron chi connectivity index (χ4n) is 2.62. The third-order valence-electron chi connectivity index (χ3n) is 3.66. The summed E-state index contributed by atoms with van der Waals surface area (Å²) in [7, 11) is 0. The lowest BCUT2D eigenvalue weighted by Crippen LogP contribution is -2.44. The van der Waals surface area contributed by atoms with E-state index in [1.807, 2.05) is 30.3 Å². The first-order valence-electron chi connectivity index (χ1n) is 6.75. The minimum atomic E-state index is -0.194. The Morgan fingerprint density at radius 1 is 1.20 bits per heavy atom. The Hall–Kier alpha value is -2.54. The van der Waals surface area contributed by atoms with Crippen molar-refractivity contribution in [3.8, 4) is 6.07 Å².